The molecule has 4 aromatic heterocycles. The number of nitrogens with zero attached hydrogens (tertiary/aromatic N) is 3. The third kappa shape index (κ3) is 3.29. The molecule has 4 aromatic rings. The summed E-state index contributed by atoms with van der Waals surface area (Å²) >= 11 is 1.54. The molecule has 0 spiro atoms. The molecule has 0 aliphatic heterocycles. The number of H-pyrrole nitrogens is 2. The summed E-state index contributed by atoms with van der Waals surface area (Å²) in [6.45, 7) is 0.141. The van der Waals surface area contributed by atoms with E-state index in [1.165, 1.54) is 17.5 Å². The van der Waals surface area contributed by atoms with Gasteiger partial charge in [-0.2, -0.15) is 5.10 Å². The van der Waals surface area contributed by atoms with Crippen molar-refractivity contribution in [3.8, 4) is 10.6 Å². The maximum atomic E-state index is 12.4. The lowest BCUT2D eigenvalue weighted by Gasteiger charge is -2.06. The number of hydrogen-bond donors (Lipinski definition) is 3. The van der Waals surface area contributed by atoms with E-state index in [0.29, 0.717) is 5.39 Å². The maximum Gasteiger partial charge on any atom is 0.330 e. The Morgan fingerprint density at radius 2 is 2.15 bits per heavy atom. The Balaban J connectivity index is 1.46. The second kappa shape index (κ2) is 7.00. The Morgan fingerprint density at radius 3 is 2.96 bits per heavy atom. The zero-order valence-corrected chi connectivity index (χ0v) is 14.7. The third-order valence-electron chi connectivity index (χ3n) is 3.97. The minimum Gasteiger partial charge on any atom is -0.349 e. The number of hydrogen-bond acceptors (Lipinski definition) is 6. The summed E-state index contributed by atoms with van der Waals surface area (Å²) in [6, 6.07) is 8.70. The van der Waals surface area contributed by atoms with Crippen LogP contribution >= 0.6 is 11.3 Å². The van der Waals surface area contributed by atoms with Crippen LogP contribution in [0.4, 0.5) is 0 Å². The number of carbonyl (C=O) groups is 1. The van der Waals surface area contributed by atoms with E-state index in [0.717, 1.165) is 15.1 Å². The molecular weight excluding hydrogens is 368 g/mol. The lowest BCUT2D eigenvalue weighted by Crippen LogP contribution is -2.39. The van der Waals surface area contributed by atoms with Crippen LogP contribution < -0.4 is 16.6 Å². The molecule has 0 aromatic carbocycles. The predicted octanol–water partition coefficient (Wildman–Crippen LogP) is 0.966. The minimum absolute atomic E-state index is 0.0347. The van der Waals surface area contributed by atoms with Crippen LogP contribution in [0.15, 0.2) is 51.5 Å². The zero-order chi connectivity index (χ0) is 18.8. The summed E-state index contributed by atoms with van der Waals surface area (Å²) in [6.07, 6.45) is 1.50. The fraction of sp³-hybridized carbons (Fsp3) is 0.118. The van der Waals surface area contributed by atoms with Crippen LogP contribution in [0.1, 0.15) is 10.5 Å². The molecule has 9 nitrogen and oxygen atoms in total. The van der Waals surface area contributed by atoms with Crippen LogP contribution in [0.2, 0.25) is 0 Å². The molecule has 0 radical (unpaired) electrons. The number of amides is 1. The summed E-state index contributed by atoms with van der Waals surface area (Å²) in [4.78, 5) is 44.2. The molecule has 0 saturated heterocycles. The fourth-order valence-corrected chi connectivity index (χ4v) is 3.35. The van der Waals surface area contributed by atoms with E-state index in [1.54, 1.807) is 18.2 Å². The number of aromatic amines is 2. The Morgan fingerprint density at radius 1 is 1.26 bits per heavy atom. The van der Waals surface area contributed by atoms with Gasteiger partial charge in [-0.05, 0) is 29.6 Å². The normalized spacial score (nSPS) is 11.0. The topological polar surface area (TPSA) is 126 Å². The number of carbonyl (C=O) groups excluding carboxylic acids is 1. The molecule has 10 heteroatoms. The van der Waals surface area contributed by atoms with E-state index in [1.807, 2.05) is 17.5 Å². The van der Waals surface area contributed by atoms with Crippen LogP contribution in [-0.2, 0) is 6.54 Å². The highest BCUT2D eigenvalue weighted by molar-refractivity contribution is 7.13. The molecule has 27 heavy (non-hydrogen) atoms. The van der Waals surface area contributed by atoms with Crippen LogP contribution in [0.25, 0.3) is 21.6 Å². The van der Waals surface area contributed by atoms with Crippen molar-refractivity contribution in [3.63, 3.8) is 0 Å². The molecule has 0 fully saturated rings. The first kappa shape index (κ1) is 16.9. The SMILES string of the molecule is O=C(NCCn1c(=O)[nH]c2ncccc2c1=O)c1cc(-c2cccs2)[nH]n1. The van der Waals surface area contributed by atoms with Crippen LogP contribution in [0.3, 0.4) is 0 Å². The van der Waals surface area contributed by atoms with E-state index in [9.17, 15) is 14.4 Å². The Labute approximate surface area is 155 Å². The highest BCUT2D eigenvalue weighted by Crippen LogP contribution is 2.22. The van der Waals surface area contributed by atoms with E-state index >= 15 is 0 Å². The highest BCUT2D eigenvalue weighted by atomic mass is 32.1. The number of pyridine rings is 1. The van der Waals surface area contributed by atoms with Gasteiger partial charge in [0.2, 0.25) is 0 Å². The van der Waals surface area contributed by atoms with Crippen molar-refractivity contribution in [1.29, 1.82) is 0 Å². The molecule has 0 unspecified atom stereocenters. The van der Waals surface area contributed by atoms with Gasteiger partial charge < -0.3 is 5.32 Å². The van der Waals surface area contributed by atoms with Crippen molar-refractivity contribution >= 4 is 28.3 Å². The van der Waals surface area contributed by atoms with E-state index < -0.39 is 11.2 Å². The average molecular weight is 382 g/mol. The molecule has 1 amide bonds. The fourth-order valence-electron chi connectivity index (χ4n) is 2.65. The van der Waals surface area contributed by atoms with E-state index in [-0.39, 0.29) is 30.3 Å². The molecule has 0 atom stereocenters. The van der Waals surface area contributed by atoms with Gasteiger partial charge in [-0.25, -0.2) is 9.78 Å². The van der Waals surface area contributed by atoms with E-state index in [2.05, 4.69) is 25.5 Å². The predicted molar refractivity (Wildman–Crippen MR) is 101 cm³/mol. The first-order valence-electron chi connectivity index (χ1n) is 8.09. The smallest absolute Gasteiger partial charge is 0.330 e. The van der Waals surface area contributed by atoms with Gasteiger partial charge in [0.15, 0.2) is 5.69 Å². The Hall–Kier alpha value is -3.53. The summed E-state index contributed by atoms with van der Waals surface area (Å²) < 4.78 is 1.03. The van der Waals surface area contributed by atoms with Gasteiger partial charge in [-0.15, -0.1) is 11.3 Å². The van der Waals surface area contributed by atoms with Gasteiger partial charge in [-0.3, -0.25) is 24.2 Å². The van der Waals surface area contributed by atoms with Gasteiger partial charge in [0, 0.05) is 19.3 Å². The van der Waals surface area contributed by atoms with Crippen LogP contribution in [0.5, 0.6) is 0 Å². The maximum absolute atomic E-state index is 12.4. The molecule has 4 heterocycles. The molecule has 0 aliphatic carbocycles. The zero-order valence-electron chi connectivity index (χ0n) is 13.9. The standard InChI is InChI=1S/C17H14N6O3S/c24-15(12-9-11(21-22-12)13-4-2-8-27-13)19-6-7-23-16(25)10-3-1-5-18-14(10)20-17(23)26/h1-5,8-9H,6-7H2,(H,19,24)(H,21,22)(H,18,20,26). The van der Waals surface area contributed by atoms with Gasteiger partial charge in [0.25, 0.3) is 11.5 Å². The van der Waals surface area contributed by atoms with Crippen molar-refractivity contribution in [3.05, 3.63) is 68.4 Å². The van der Waals surface area contributed by atoms with Gasteiger partial charge in [0.1, 0.15) is 5.65 Å². The number of thiophene rings is 1. The number of fused-ring (bicyclic) bond motifs is 1. The van der Waals surface area contributed by atoms with Crippen molar-refractivity contribution in [2.75, 3.05) is 6.54 Å². The van der Waals surface area contributed by atoms with Crippen molar-refractivity contribution < 1.29 is 4.79 Å². The molecule has 0 saturated carbocycles. The van der Waals surface area contributed by atoms with Crippen molar-refractivity contribution in [2.24, 2.45) is 0 Å². The lowest BCUT2D eigenvalue weighted by atomic mass is 10.3. The molecule has 136 valence electrons. The number of nitrogens with one attached hydrogen (secondary N) is 3. The molecule has 4 rings (SSSR count). The largest absolute Gasteiger partial charge is 0.349 e. The van der Waals surface area contributed by atoms with Crippen LogP contribution in [-0.4, -0.2) is 37.2 Å². The van der Waals surface area contributed by atoms with Gasteiger partial charge >= 0.3 is 5.69 Å². The monoisotopic (exact) mass is 382 g/mol. The second-order valence-electron chi connectivity index (χ2n) is 5.69. The molecule has 0 bridgehead atoms. The summed E-state index contributed by atoms with van der Waals surface area (Å²) in [5.41, 5.74) is 0.216. The highest BCUT2D eigenvalue weighted by Gasteiger charge is 2.13. The van der Waals surface area contributed by atoms with Crippen LogP contribution in [0, 0.1) is 0 Å². The summed E-state index contributed by atoms with van der Waals surface area (Å²) in [5, 5.41) is 11.7. The molecule has 3 N–H and O–H groups in total. The molecule has 0 aliphatic rings. The Bertz CT molecular complexity index is 1220. The number of rotatable bonds is 5. The van der Waals surface area contributed by atoms with Gasteiger partial charge in [-0.1, -0.05) is 6.07 Å². The first-order chi connectivity index (χ1) is 13.1. The third-order valence-corrected chi connectivity index (χ3v) is 4.88. The quantitative estimate of drug-likeness (QED) is 0.474. The first-order valence-corrected chi connectivity index (χ1v) is 8.97. The lowest BCUT2D eigenvalue weighted by molar-refractivity contribution is 0.0947. The minimum atomic E-state index is -0.569. The summed E-state index contributed by atoms with van der Waals surface area (Å²) in [5.74, 6) is -0.388. The number of aromatic nitrogens is 5. The Kier molecular flexibility index (Phi) is 4.38. The molecular formula is C17H14N6O3S. The average Bonchev–Trinajstić information content (AvgIpc) is 3.35. The van der Waals surface area contributed by atoms with E-state index in [4.69, 9.17) is 0 Å². The summed E-state index contributed by atoms with van der Waals surface area (Å²) in [7, 11) is 0. The van der Waals surface area contributed by atoms with Crippen molar-refractivity contribution in [1.82, 2.24) is 30.0 Å². The second-order valence-corrected chi connectivity index (χ2v) is 6.63. The van der Waals surface area contributed by atoms with Crippen molar-refractivity contribution in [2.45, 2.75) is 6.54 Å². The van der Waals surface area contributed by atoms with Gasteiger partial charge in [0.05, 0.1) is 16.0 Å².